The van der Waals surface area contributed by atoms with Crippen LogP contribution in [-0.2, 0) is 11.4 Å². The zero-order valence-corrected chi connectivity index (χ0v) is 13.3. The molecule has 3 rings (SSSR count). The van der Waals surface area contributed by atoms with Crippen LogP contribution in [0.3, 0.4) is 0 Å². The normalized spacial score (nSPS) is 13.5. The number of rotatable bonds is 5. The lowest BCUT2D eigenvalue weighted by Crippen LogP contribution is -2.32. The summed E-state index contributed by atoms with van der Waals surface area (Å²) in [6.07, 6.45) is 1.64. The van der Waals surface area contributed by atoms with Crippen LogP contribution in [0, 0.1) is 0 Å². The van der Waals surface area contributed by atoms with Crippen LogP contribution in [0.15, 0.2) is 36.5 Å². The molecule has 8 nitrogen and oxygen atoms in total. The van der Waals surface area contributed by atoms with Crippen LogP contribution in [0.4, 0.5) is 0 Å². The van der Waals surface area contributed by atoms with Gasteiger partial charge in [0, 0.05) is 12.7 Å². The van der Waals surface area contributed by atoms with Crippen LogP contribution >= 0.6 is 0 Å². The minimum Gasteiger partial charge on any atom is -0.322 e. The van der Waals surface area contributed by atoms with Gasteiger partial charge < -0.3 is 9.74 Å². The lowest BCUT2D eigenvalue weighted by atomic mass is 10.1. The molecule has 0 atom stereocenters. The van der Waals surface area contributed by atoms with E-state index < -0.39 is 17.8 Å². The van der Waals surface area contributed by atoms with Crippen molar-refractivity contribution in [1.29, 1.82) is 0 Å². The molecule has 0 saturated carbocycles. The number of carbonyl (C=O) groups excluding carboxylic acids is 3. The fourth-order valence-corrected chi connectivity index (χ4v) is 2.28. The number of nitrogens with zero attached hydrogens (tertiary/aromatic N) is 4. The lowest BCUT2D eigenvalue weighted by molar-refractivity contribution is -0.0589. The monoisotopic (exact) mass is 328 g/mol. The zero-order chi connectivity index (χ0) is 17.3. The third kappa shape index (κ3) is 2.91. The maximum atomic E-state index is 12.2. The van der Waals surface area contributed by atoms with E-state index in [0.717, 1.165) is 6.54 Å². The van der Waals surface area contributed by atoms with Crippen molar-refractivity contribution in [2.24, 2.45) is 0 Å². The fraction of sp³-hybridized carbons (Fsp3) is 0.250. The minimum atomic E-state index is -0.854. The van der Waals surface area contributed by atoms with Crippen LogP contribution in [0.5, 0.6) is 0 Å². The average Bonchev–Trinajstić information content (AvgIpc) is 3.13. The van der Waals surface area contributed by atoms with Crippen molar-refractivity contribution in [3.05, 3.63) is 53.3 Å². The van der Waals surface area contributed by atoms with E-state index in [-0.39, 0.29) is 16.8 Å². The van der Waals surface area contributed by atoms with Crippen molar-refractivity contribution in [3.63, 3.8) is 0 Å². The van der Waals surface area contributed by atoms with Crippen LogP contribution < -0.4 is 0 Å². The Morgan fingerprint density at radius 3 is 2.33 bits per heavy atom. The Hall–Kier alpha value is -3.00. The number of aromatic nitrogens is 2. The van der Waals surface area contributed by atoms with Crippen molar-refractivity contribution in [3.8, 4) is 0 Å². The summed E-state index contributed by atoms with van der Waals surface area (Å²) in [5.74, 6) is -2.17. The van der Waals surface area contributed by atoms with E-state index in [4.69, 9.17) is 4.84 Å². The highest BCUT2D eigenvalue weighted by Crippen LogP contribution is 2.23. The molecule has 1 aliphatic rings. The molecule has 2 amide bonds. The summed E-state index contributed by atoms with van der Waals surface area (Å²) >= 11 is 0. The molecule has 0 bridgehead atoms. The van der Waals surface area contributed by atoms with Gasteiger partial charge in [0.15, 0.2) is 5.69 Å². The topological polar surface area (TPSA) is 84.7 Å². The number of benzene rings is 1. The van der Waals surface area contributed by atoms with Crippen molar-refractivity contribution in [2.45, 2.75) is 6.54 Å². The smallest absolute Gasteiger partial charge is 0.322 e. The first kappa shape index (κ1) is 15.9. The largest absolute Gasteiger partial charge is 0.384 e. The Balaban J connectivity index is 1.70. The highest BCUT2D eigenvalue weighted by molar-refractivity contribution is 6.21. The summed E-state index contributed by atoms with van der Waals surface area (Å²) in [6, 6.07) is 7.79. The zero-order valence-electron chi connectivity index (χ0n) is 13.3. The van der Waals surface area contributed by atoms with Gasteiger partial charge in [-0.25, -0.2) is 4.79 Å². The van der Waals surface area contributed by atoms with Crippen LogP contribution in [0.1, 0.15) is 31.2 Å². The van der Waals surface area contributed by atoms with Gasteiger partial charge in [0.1, 0.15) is 0 Å². The van der Waals surface area contributed by atoms with Gasteiger partial charge in [0.2, 0.25) is 0 Å². The number of fused-ring (bicyclic) bond motifs is 1. The Morgan fingerprint density at radius 2 is 1.75 bits per heavy atom. The molecule has 0 aliphatic carbocycles. The van der Waals surface area contributed by atoms with Crippen molar-refractivity contribution in [2.75, 3.05) is 20.6 Å². The first-order valence-electron chi connectivity index (χ1n) is 7.35. The summed E-state index contributed by atoms with van der Waals surface area (Å²) in [7, 11) is 3.86. The van der Waals surface area contributed by atoms with E-state index in [0.29, 0.717) is 11.6 Å². The van der Waals surface area contributed by atoms with E-state index in [1.54, 1.807) is 23.0 Å². The van der Waals surface area contributed by atoms with E-state index in [1.165, 1.54) is 18.2 Å². The van der Waals surface area contributed by atoms with E-state index in [1.807, 2.05) is 19.0 Å². The third-order valence-corrected chi connectivity index (χ3v) is 3.56. The van der Waals surface area contributed by atoms with Crippen LogP contribution in [0.2, 0.25) is 0 Å². The molecule has 1 aliphatic heterocycles. The second-order valence-corrected chi connectivity index (χ2v) is 5.60. The number of carbonyl (C=O) groups is 3. The van der Waals surface area contributed by atoms with Gasteiger partial charge in [-0.1, -0.05) is 17.2 Å². The van der Waals surface area contributed by atoms with Gasteiger partial charge in [-0.2, -0.15) is 5.10 Å². The van der Waals surface area contributed by atoms with Gasteiger partial charge in [-0.15, -0.1) is 0 Å². The van der Waals surface area contributed by atoms with Gasteiger partial charge >= 0.3 is 5.97 Å². The van der Waals surface area contributed by atoms with Gasteiger partial charge in [0.05, 0.1) is 17.7 Å². The van der Waals surface area contributed by atoms with E-state index in [9.17, 15) is 14.4 Å². The highest BCUT2D eigenvalue weighted by Gasteiger charge is 2.39. The van der Waals surface area contributed by atoms with E-state index in [2.05, 4.69) is 5.10 Å². The molecular formula is C16H16N4O4. The maximum absolute atomic E-state index is 12.2. The molecule has 1 aromatic carbocycles. The van der Waals surface area contributed by atoms with Crippen LogP contribution in [0.25, 0.3) is 0 Å². The Kier molecular flexibility index (Phi) is 4.13. The molecule has 124 valence electrons. The average molecular weight is 328 g/mol. The summed E-state index contributed by atoms with van der Waals surface area (Å²) in [4.78, 5) is 43.4. The first-order valence-corrected chi connectivity index (χ1v) is 7.35. The molecular weight excluding hydrogens is 312 g/mol. The molecule has 2 heterocycles. The minimum absolute atomic E-state index is 0.0327. The molecule has 0 unspecified atom stereocenters. The number of likely N-dealkylation sites (N-methyl/N-ethyl adjacent to an activating group) is 1. The molecule has 0 radical (unpaired) electrons. The molecule has 24 heavy (non-hydrogen) atoms. The highest BCUT2D eigenvalue weighted by atomic mass is 16.7. The van der Waals surface area contributed by atoms with Crippen molar-refractivity contribution in [1.82, 2.24) is 19.7 Å². The summed E-state index contributed by atoms with van der Waals surface area (Å²) < 4.78 is 1.60. The first-order chi connectivity index (χ1) is 11.5. The number of imide groups is 1. The second-order valence-electron chi connectivity index (χ2n) is 5.60. The number of hydroxylamine groups is 2. The SMILES string of the molecule is CN(C)CCn1ccc(C(=O)ON2C(=O)c3ccccc3C2=O)n1. The molecule has 8 heteroatoms. The number of hydrogen-bond acceptors (Lipinski definition) is 6. The Labute approximate surface area is 138 Å². The Morgan fingerprint density at radius 1 is 1.12 bits per heavy atom. The van der Waals surface area contributed by atoms with Gasteiger partial charge in [0.25, 0.3) is 11.8 Å². The molecule has 0 spiro atoms. The predicted molar refractivity (Wildman–Crippen MR) is 83.1 cm³/mol. The quantitative estimate of drug-likeness (QED) is 0.755. The maximum Gasteiger partial charge on any atom is 0.384 e. The fourth-order valence-electron chi connectivity index (χ4n) is 2.28. The lowest BCUT2D eigenvalue weighted by Gasteiger charge is -2.11. The molecule has 0 N–H and O–H groups in total. The van der Waals surface area contributed by atoms with Gasteiger partial charge in [-0.05, 0) is 32.3 Å². The van der Waals surface area contributed by atoms with E-state index >= 15 is 0 Å². The predicted octanol–water partition coefficient (Wildman–Crippen LogP) is 0.813. The molecule has 0 fully saturated rings. The summed E-state index contributed by atoms with van der Waals surface area (Å²) in [6.45, 7) is 1.36. The van der Waals surface area contributed by atoms with Gasteiger partial charge in [-0.3, -0.25) is 14.3 Å². The van der Waals surface area contributed by atoms with Crippen LogP contribution in [-0.4, -0.2) is 58.2 Å². The standard InChI is InChI=1S/C16H16N4O4/c1-18(2)9-10-19-8-7-13(17-19)16(23)24-20-14(21)11-5-3-4-6-12(11)15(20)22/h3-8H,9-10H2,1-2H3. The number of hydrogen-bond donors (Lipinski definition) is 0. The Bertz CT molecular complexity index is 777. The second kappa shape index (κ2) is 6.25. The molecule has 1 aromatic heterocycles. The summed E-state index contributed by atoms with van der Waals surface area (Å²) in [5, 5.41) is 4.57. The molecule has 2 aromatic rings. The third-order valence-electron chi connectivity index (χ3n) is 3.56. The number of amides is 2. The summed E-state index contributed by atoms with van der Waals surface area (Å²) in [5.41, 5.74) is 0.462. The molecule has 0 saturated heterocycles. The van der Waals surface area contributed by atoms with Crippen molar-refractivity contribution < 1.29 is 19.2 Å². The van der Waals surface area contributed by atoms with Crippen molar-refractivity contribution >= 4 is 17.8 Å².